The minimum absolute atomic E-state index is 0.0651. The van der Waals surface area contributed by atoms with E-state index in [1.165, 1.54) is 11.1 Å². The van der Waals surface area contributed by atoms with Crippen LogP contribution in [0.25, 0.3) is 11.0 Å². The molecule has 1 unspecified atom stereocenters. The van der Waals surface area contributed by atoms with Crippen molar-refractivity contribution in [2.45, 2.75) is 32.7 Å². The fourth-order valence-corrected chi connectivity index (χ4v) is 4.73. The van der Waals surface area contributed by atoms with E-state index in [9.17, 15) is 4.79 Å². The highest BCUT2D eigenvalue weighted by molar-refractivity contribution is 9.10. The van der Waals surface area contributed by atoms with Gasteiger partial charge >= 0.3 is 0 Å². The Balaban J connectivity index is 1.53. The largest absolute Gasteiger partial charge is 0.323 e. The molecule has 0 radical (unpaired) electrons. The van der Waals surface area contributed by atoms with Crippen LogP contribution in [0.1, 0.15) is 34.9 Å². The van der Waals surface area contributed by atoms with Crippen LogP contribution in [-0.4, -0.2) is 22.0 Å². The Morgan fingerprint density at radius 1 is 1.03 bits per heavy atom. The van der Waals surface area contributed by atoms with E-state index in [2.05, 4.69) is 88.9 Å². The zero-order chi connectivity index (χ0) is 21.5. The van der Waals surface area contributed by atoms with Gasteiger partial charge in [0, 0.05) is 35.6 Å². The second-order valence-electron chi connectivity index (χ2n) is 8.37. The normalized spacial score (nSPS) is 16.4. The number of rotatable bonds is 4. The average Bonchev–Trinajstić information content (AvgIpc) is 3.32. The molecule has 0 aliphatic carbocycles. The molecule has 0 bridgehead atoms. The van der Waals surface area contributed by atoms with E-state index in [0.29, 0.717) is 13.0 Å². The summed E-state index contributed by atoms with van der Waals surface area (Å²) in [5.41, 5.74) is 6.61. The molecule has 3 aromatic carbocycles. The van der Waals surface area contributed by atoms with Gasteiger partial charge in [-0.25, -0.2) is 4.98 Å². The molecule has 0 N–H and O–H groups in total. The van der Waals surface area contributed by atoms with Crippen molar-refractivity contribution in [1.29, 1.82) is 0 Å². The second kappa shape index (κ2) is 7.97. The maximum atomic E-state index is 13.0. The first-order valence-electron chi connectivity index (χ1n) is 10.6. The maximum Gasteiger partial charge on any atom is 0.227 e. The number of carbonyl (C=O) groups is 1. The van der Waals surface area contributed by atoms with Crippen LogP contribution in [-0.2, 0) is 11.3 Å². The number of halogens is 1. The van der Waals surface area contributed by atoms with Crippen molar-refractivity contribution in [2.24, 2.45) is 0 Å². The molecule has 4 nitrogen and oxygen atoms in total. The average molecular weight is 474 g/mol. The number of anilines is 1. The number of para-hydroxylation sites is 2. The molecule has 4 aromatic rings. The SMILES string of the molecule is Cc1ccc(C)c(N2CC(c3nc4ccccc4n3Cc3ccc(Br)cc3)CC2=O)c1. The van der Waals surface area contributed by atoms with Crippen LogP contribution in [0.2, 0.25) is 0 Å². The zero-order valence-corrected chi connectivity index (χ0v) is 19.3. The first kappa shape index (κ1) is 20.0. The molecule has 5 rings (SSSR count). The van der Waals surface area contributed by atoms with Crippen molar-refractivity contribution >= 4 is 38.6 Å². The Bertz CT molecular complexity index is 1280. The monoisotopic (exact) mass is 473 g/mol. The van der Waals surface area contributed by atoms with E-state index < -0.39 is 0 Å². The predicted octanol–water partition coefficient (Wildman–Crippen LogP) is 5.98. The lowest BCUT2D eigenvalue weighted by atomic mass is 10.1. The first-order chi connectivity index (χ1) is 15.0. The highest BCUT2D eigenvalue weighted by Gasteiger charge is 2.35. The lowest BCUT2D eigenvalue weighted by Crippen LogP contribution is -2.25. The molecule has 0 spiro atoms. The van der Waals surface area contributed by atoms with Crippen LogP contribution in [0.15, 0.2) is 71.2 Å². The number of aryl methyl sites for hydroxylation is 2. The number of nitrogens with zero attached hydrogens (tertiary/aromatic N) is 3. The lowest BCUT2D eigenvalue weighted by molar-refractivity contribution is -0.117. The van der Waals surface area contributed by atoms with E-state index >= 15 is 0 Å². The van der Waals surface area contributed by atoms with Gasteiger partial charge in [-0.3, -0.25) is 4.79 Å². The smallest absolute Gasteiger partial charge is 0.227 e. The fourth-order valence-electron chi connectivity index (χ4n) is 4.47. The summed E-state index contributed by atoms with van der Waals surface area (Å²) in [7, 11) is 0. The second-order valence-corrected chi connectivity index (χ2v) is 9.28. The van der Waals surface area contributed by atoms with Gasteiger partial charge in [-0.15, -0.1) is 0 Å². The Labute approximate surface area is 190 Å². The lowest BCUT2D eigenvalue weighted by Gasteiger charge is -2.20. The number of aromatic nitrogens is 2. The van der Waals surface area contributed by atoms with Gasteiger partial charge in [0.15, 0.2) is 0 Å². The Hall–Kier alpha value is -2.92. The molecule has 1 aromatic heterocycles. The van der Waals surface area contributed by atoms with Crippen LogP contribution >= 0.6 is 15.9 Å². The maximum absolute atomic E-state index is 13.0. The van der Waals surface area contributed by atoms with Crippen LogP contribution < -0.4 is 4.90 Å². The third-order valence-electron chi connectivity index (χ3n) is 6.08. The molecule has 1 amide bonds. The van der Waals surface area contributed by atoms with Crippen LogP contribution in [0, 0.1) is 13.8 Å². The van der Waals surface area contributed by atoms with Gasteiger partial charge in [0.2, 0.25) is 5.91 Å². The number of benzene rings is 3. The van der Waals surface area contributed by atoms with E-state index in [4.69, 9.17) is 4.98 Å². The predicted molar refractivity (Wildman–Crippen MR) is 129 cm³/mol. The van der Waals surface area contributed by atoms with Crippen LogP contribution in [0.4, 0.5) is 5.69 Å². The Kier molecular flexibility index (Phi) is 5.14. The highest BCUT2D eigenvalue weighted by Crippen LogP contribution is 2.35. The summed E-state index contributed by atoms with van der Waals surface area (Å²) in [4.78, 5) is 20.0. The van der Waals surface area contributed by atoms with Crippen molar-refractivity contribution in [2.75, 3.05) is 11.4 Å². The summed E-state index contributed by atoms with van der Waals surface area (Å²) in [5, 5.41) is 0. The van der Waals surface area contributed by atoms with E-state index in [1.54, 1.807) is 0 Å². The number of carbonyl (C=O) groups excluding carboxylic acids is 1. The molecule has 31 heavy (non-hydrogen) atoms. The standard InChI is InChI=1S/C26H24BrN3O/c1-17-7-8-18(2)24(13-17)29-16-20(14-25(29)31)26-28-22-5-3-4-6-23(22)30(26)15-19-9-11-21(27)12-10-19/h3-13,20H,14-16H2,1-2H3. The van der Waals surface area contributed by atoms with Crippen molar-refractivity contribution in [3.8, 4) is 0 Å². The summed E-state index contributed by atoms with van der Waals surface area (Å²) in [5.74, 6) is 1.22. The van der Waals surface area contributed by atoms with Crippen molar-refractivity contribution in [1.82, 2.24) is 9.55 Å². The zero-order valence-electron chi connectivity index (χ0n) is 17.7. The molecule has 1 aliphatic heterocycles. The van der Waals surface area contributed by atoms with E-state index in [0.717, 1.165) is 39.1 Å². The van der Waals surface area contributed by atoms with Gasteiger partial charge in [-0.05, 0) is 60.9 Å². The topological polar surface area (TPSA) is 38.1 Å². The van der Waals surface area contributed by atoms with Crippen molar-refractivity contribution in [3.05, 3.63) is 93.7 Å². The van der Waals surface area contributed by atoms with Crippen molar-refractivity contribution < 1.29 is 4.79 Å². The van der Waals surface area contributed by atoms with Gasteiger partial charge < -0.3 is 9.47 Å². The molecule has 2 heterocycles. The Morgan fingerprint density at radius 2 is 1.81 bits per heavy atom. The molecule has 5 heteroatoms. The summed E-state index contributed by atoms with van der Waals surface area (Å²) in [6.07, 6.45) is 0.483. The van der Waals surface area contributed by atoms with Gasteiger partial charge in [-0.2, -0.15) is 0 Å². The minimum atomic E-state index is 0.0651. The molecule has 1 fully saturated rings. The quantitative estimate of drug-likeness (QED) is 0.365. The molecule has 1 aliphatic rings. The summed E-state index contributed by atoms with van der Waals surface area (Å²) in [6, 6.07) is 22.9. The third-order valence-corrected chi connectivity index (χ3v) is 6.61. The molecular formula is C26H24BrN3O. The number of hydrogen-bond donors (Lipinski definition) is 0. The van der Waals surface area contributed by atoms with Gasteiger partial charge in [0.1, 0.15) is 5.82 Å². The molecule has 0 saturated carbocycles. The number of amides is 1. The number of fused-ring (bicyclic) bond motifs is 1. The number of hydrogen-bond acceptors (Lipinski definition) is 2. The van der Waals surface area contributed by atoms with E-state index in [-0.39, 0.29) is 11.8 Å². The molecule has 1 saturated heterocycles. The summed E-state index contributed by atoms with van der Waals surface area (Å²) >= 11 is 3.52. The van der Waals surface area contributed by atoms with Crippen molar-refractivity contribution in [3.63, 3.8) is 0 Å². The van der Waals surface area contributed by atoms with Crippen LogP contribution in [0.3, 0.4) is 0 Å². The van der Waals surface area contributed by atoms with E-state index in [1.807, 2.05) is 17.0 Å². The van der Waals surface area contributed by atoms with Gasteiger partial charge in [0.05, 0.1) is 11.0 Å². The van der Waals surface area contributed by atoms with Gasteiger partial charge in [0.25, 0.3) is 0 Å². The third kappa shape index (κ3) is 3.79. The Morgan fingerprint density at radius 3 is 2.61 bits per heavy atom. The molecule has 1 atom stereocenters. The minimum Gasteiger partial charge on any atom is -0.323 e. The summed E-state index contributed by atoms with van der Waals surface area (Å²) < 4.78 is 3.35. The van der Waals surface area contributed by atoms with Gasteiger partial charge in [-0.1, -0.05) is 52.3 Å². The highest BCUT2D eigenvalue weighted by atomic mass is 79.9. The van der Waals surface area contributed by atoms with Crippen LogP contribution in [0.5, 0.6) is 0 Å². The fraction of sp³-hybridized carbons (Fsp3) is 0.231. The number of imidazole rings is 1. The first-order valence-corrected chi connectivity index (χ1v) is 11.4. The molecular weight excluding hydrogens is 450 g/mol. The summed E-state index contributed by atoms with van der Waals surface area (Å²) in [6.45, 7) is 5.53. The molecule has 156 valence electrons.